The van der Waals surface area contributed by atoms with E-state index in [2.05, 4.69) is 19.2 Å². The van der Waals surface area contributed by atoms with E-state index in [1.165, 1.54) is 19.1 Å². The molecule has 0 saturated carbocycles. The predicted molar refractivity (Wildman–Crippen MR) is 71.5 cm³/mol. The van der Waals surface area contributed by atoms with E-state index in [1.807, 2.05) is 24.3 Å². The molecule has 0 amide bonds. The van der Waals surface area contributed by atoms with Crippen molar-refractivity contribution in [1.82, 2.24) is 5.32 Å². The van der Waals surface area contributed by atoms with Crippen LogP contribution in [0, 0.1) is 5.41 Å². The van der Waals surface area contributed by atoms with Crippen molar-refractivity contribution in [3.8, 4) is 0 Å². The highest BCUT2D eigenvalue weighted by Crippen LogP contribution is 2.36. The molecule has 0 radical (unpaired) electrons. The number of rotatable bonds is 2. The van der Waals surface area contributed by atoms with Gasteiger partial charge in [0.25, 0.3) is 0 Å². The van der Waals surface area contributed by atoms with Gasteiger partial charge in [0.05, 0.1) is 12.7 Å². The molecule has 1 aromatic carbocycles. The minimum absolute atomic E-state index is 0.279. The Hall–Kier alpha value is -1.35. The highest BCUT2D eigenvalue weighted by Gasteiger charge is 2.28. The first-order valence-electron chi connectivity index (χ1n) is 6.43. The van der Waals surface area contributed by atoms with Gasteiger partial charge in [-0.25, -0.2) is 4.79 Å². The molecule has 0 aliphatic carbocycles. The van der Waals surface area contributed by atoms with E-state index in [9.17, 15) is 4.79 Å². The van der Waals surface area contributed by atoms with E-state index in [0.29, 0.717) is 17.0 Å². The Labute approximate surface area is 109 Å². The van der Waals surface area contributed by atoms with E-state index in [-0.39, 0.29) is 5.97 Å². The van der Waals surface area contributed by atoms with Crippen LogP contribution in [0.5, 0.6) is 0 Å². The minimum atomic E-state index is -0.279. The van der Waals surface area contributed by atoms with E-state index in [4.69, 9.17) is 4.74 Å². The lowest BCUT2D eigenvalue weighted by Crippen LogP contribution is -2.35. The molecule has 0 spiro atoms. The van der Waals surface area contributed by atoms with Gasteiger partial charge in [-0.05, 0) is 42.5 Å². The summed E-state index contributed by atoms with van der Waals surface area (Å²) in [6.45, 7) is 5.67. The third kappa shape index (κ3) is 2.91. The number of carbonyl (C=O) groups is 1. The van der Waals surface area contributed by atoms with Gasteiger partial charge in [-0.1, -0.05) is 26.0 Å². The van der Waals surface area contributed by atoms with Crippen LogP contribution in [-0.4, -0.2) is 19.6 Å². The van der Waals surface area contributed by atoms with E-state index < -0.39 is 0 Å². The molecule has 0 aromatic heterocycles. The molecular formula is C15H21NO2. The highest BCUT2D eigenvalue weighted by atomic mass is 16.5. The molecule has 18 heavy (non-hydrogen) atoms. The molecular weight excluding hydrogens is 226 g/mol. The van der Waals surface area contributed by atoms with Gasteiger partial charge in [-0.15, -0.1) is 0 Å². The molecule has 0 unspecified atom stereocenters. The number of esters is 1. The first-order chi connectivity index (χ1) is 8.52. The van der Waals surface area contributed by atoms with Crippen LogP contribution in [0.4, 0.5) is 0 Å². The van der Waals surface area contributed by atoms with Crippen molar-refractivity contribution < 1.29 is 9.53 Å². The van der Waals surface area contributed by atoms with E-state index in [1.54, 1.807) is 0 Å². The summed E-state index contributed by atoms with van der Waals surface area (Å²) in [6, 6.07) is 8.10. The zero-order valence-electron chi connectivity index (χ0n) is 11.3. The van der Waals surface area contributed by atoms with Crippen molar-refractivity contribution in [1.29, 1.82) is 0 Å². The zero-order valence-corrected chi connectivity index (χ0v) is 11.3. The lowest BCUT2D eigenvalue weighted by atomic mass is 9.78. The summed E-state index contributed by atoms with van der Waals surface area (Å²) in [5.41, 5.74) is 2.24. The fourth-order valence-corrected chi connectivity index (χ4v) is 2.52. The molecule has 1 fully saturated rings. The summed E-state index contributed by atoms with van der Waals surface area (Å²) in [5.74, 6) is -0.279. The second kappa shape index (κ2) is 5.11. The largest absolute Gasteiger partial charge is 0.465 e. The van der Waals surface area contributed by atoms with Crippen LogP contribution in [-0.2, 0) is 4.74 Å². The number of benzene rings is 1. The average Bonchev–Trinajstić information content (AvgIpc) is 2.37. The lowest BCUT2D eigenvalue weighted by molar-refractivity contribution is 0.0600. The maximum Gasteiger partial charge on any atom is 0.337 e. The molecule has 3 heteroatoms. The fourth-order valence-electron chi connectivity index (χ4n) is 2.52. The number of ether oxygens (including phenoxy) is 1. The number of hydrogen-bond donors (Lipinski definition) is 1. The van der Waals surface area contributed by atoms with E-state index >= 15 is 0 Å². The second-order valence-corrected chi connectivity index (χ2v) is 5.74. The van der Waals surface area contributed by atoms with Crippen LogP contribution in [0.1, 0.15) is 48.7 Å². The maximum absolute atomic E-state index is 11.4. The molecule has 1 atom stereocenters. The Morgan fingerprint density at radius 1 is 1.33 bits per heavy atom. The van der Waals surface area contributed by atoms with Gasteiger partial charge < -0.3 is 10.1 Å². The quantitative estimate of drug-likeness (QED) is 0.817. The Morgan fingerprint density at radius 3 is 2.56 bits per heavy atom. The maximum atomic E-state index is 11.4. The van der Waals surface area contributed by atoms with Crippen LogP contribution in [0.25, 0.3) is 0 Å². The lowest BCUT2D eigenvalue weighted by Gasteiger charge is -2.36. The number of nitrogens with one attached hydrogen (secondary N) is 1. The van der Waals surface area contributed by atoms with Crippen molar-refractivity contribution in [2.24, 2.45) is 5.41 Å². The molecule has 1 saturated heterocycles. The standard InChI is InChI=1S/C15H21NO2/c1-15(2)8-9-16-13(10-15)11-4-6-12(7-5-11)14(17)18-3/h4-7,13,16H,8-10H2,1-3H3/t13-/m1/s1. The van der Waals surface area contributed by atoms with Crippen molar-refractivity contribution in [3.63, 3.8) is 0 Å². The van der Waals surface area contributed by atoms with Crippen molar-refractivity contribution in [2.75, 3.05) is 13.7 Å². The minimum Gasteiger partial charge on any atom is -0.465 e. The number of methoxy groups -OCH3 is 1. The van der Waals surface area contributed by atoms with Crippen LogP contribution in [0.3, 0.4) is 0 Å². The summed E-state index contributed by atoms with van der Waals surface area (Å²) in [7, 11) is 1.40. The Balaban J connectivity index is 2.12. The monoisotopic (exact) mass is 247 g/mol. The molecule has 1 aromatic rings. The van der Waals surface area contributed by atoms with Crippen LogP contribution in [0.15, 0.2) is 24.3 Å². The Kier molecular flexibility index (Phi) is 3.71. The normalized spacial score (nSPS) is 22.5. The van der Waals surface area contributed by atoms with Gasteiger partial charge in [-0.3, -0.25) is 0 Å². The Bertz CT molecular complexity index is 423. The number of carbonyl (C=O) groups excluding carboxylic acids is 1. The molecule has 98 valence electrons. The van der Waals surface area contributed by atoms with Crippen LogP contribution < -0.4 is 5.32 Å². The zero-order chi connectivity index (χ0) is 13.2. The molecule has 0 bridgehead atoms. The third-order valence-corrected chi connectivity index (χ3v) is 3.68. The van der Waals surface area contributed by atoms with Crippen molar-refractivity contribution in [2.45, 2.75) is 32.7 Å². The van der Waals surface area contributed by atoms with Gasteiger partial charge in [0.1, 0.15) is 0 Å². The first-order valence-corrected chi connectivity index (χ1v) is 6.43. The second-order valence-electron chi connectivity index (χ2n) is 5.74. The van der Waals surface area contributed by atoms with Crippen LogP contribution in [0.2, 0.25) is 0 Å². The molecule has 1 aliphatic rings. The predicted octanol–water partition coefficient (Wildman–Crippen LogP) is 2.92. The van der Waals surface area contributed by atoms with Gasteiger partial charge in [0, 0.05) is 6.04 Å². The summed E-state index contributed by atoms with van der Waals surface area (Å²) in [4.78, 5) is 11.4. The summed E-state index contributed by atoms with van der Waals surface area (Å²) in [5, 5.41) is 3.54. The molecule has 3 nitrogen and oxygen atoms in total. The summed E-state index contributed by atoms with van der Waals surface area (Å²) >= 11 is 0. The van der Waals surface area contributed by atoms with Crippen molar-refractivity contribution >= 4 is 5.97 Å². The fraction of sp³-hybridized carbons (Fsp3) is 0.533. The highest BCUT2D eigenvalue weighted by molar-refractivity contribution is 5.89. The average molecular weight is 247 g/mol. The molecule has 1 N–H and O–H groups in total. The van der Waals surface area contributed by atoms with E-state index in [0.717, 1.165) is 13.0 Å². The smallest absolute Gasteiger partial charge is 0.337 e. The van der Waals surface area contributed by atoms with Crippen LogP contribution >= 0.6 is 0 Å². The number of piperidine rings is 1. The molecule has 1 aliphatic heterocycles. The van der Waals surface area contributed by atoms with Crippen molar-refractivity contribution in [3.05, 3.63) is 35.4 Å². The first kappa shape index (κ1) is 13.1. The summed E-state index contributed by atoms with van der Waals surface area (Å²) < 4.78 is 4.70. The van der Waals surface area contributed by atoms with Gasteiger partial charge in [0.2, 0.25) is 0 Å². The summed E-state index contributed by atoms with van der Waals surface area (Å²) in [6.07, 6.45) is 2.34. The molecule has 2 rings (SSSR count). The SMILES string of the molecule is COC(=O)c1ccc([C@H]2CC(C)(C)CCN2)cc1. The Morgan fingerprint density at radius 2 is 2.00 bits per heavy atom. The third-order valence-electron chi connectivity index (χ3n) is 3.68. The molecule has 1 heterocycles. The van der Waals surface area contributed by atoms with Gasteiger partial charge in [0.15, 0.2) is 0 Å². The van der Waals surface area contributed by atoms with Gasteiger partial charge in [-0.2, -0.15) is 0 Å². The number of hydrogen-bond acceptors (Lipinski definition) is 3. The van der Waals surface area contributed by atoms with Gasteiger partial charge >= 0.3 is 5.97 Å². The topological polar surface area (TPSA) is 38.3 Å².